The fourth-order valence-electron chi connectivity index (χ4n) is 2.95. The van der Waals surface area contributed by atoms with Crippen molar-refractivity contribution in [1.82, 2.24) is 10.2 Å². The van der Waals surface area contributed by atoms with Crippen molar-refractivity contribution in [2.75, 3.05) is 12.3 Å². The lowest BCUT2D eigenvalue weighted by atomic mass is 10.1. The van der Waals surface area contributed by atoms with E-state index in [1.807, 2.05) is 18.2 Å². The van der Waals surface area contributed by atoms with Crippen LogP contribution in [0, 0.1) is 0 Å². The Morgan fingerprint density at radius 1 is 1.10 bits per heavy atom. The maximum Gasteiger partial charge on any atom is 0.407 e. The van der Waals surface area contributed by atoms with Crippen LogP contribution in [-0.2, 0) is 20.9 Å². The molecule has 0 aromatic heterocycles. The summed E-state index contributed by atoms with van der Waals surface area (Å²) in [6, 6.07) is 14.5. The number of aromatic hydroxyl groups is 1. The van der Waals surface area contributed by atoms with Crippen LogP contribution in [0.5, 0.6) is 5.75 Å². The number of phenols is 1. The van der Waals surface area contributed by atoms with Gasteiger partial charge in [0.1, 0.15) is 30.3 Å². The molecule has 2 unspecified atom stereocenters. The average Bonchev–Trinajstić information content (AvgIpc) is 3.17. The quantitative estimate of drug-likeness (QED) is 0.662. The molecule has 2 aromatic carbocycles. The smallest absolute Gasteiger partial charge is 0.407 e. The fraction of sp³-hybridized carbons (Fsp3) is 0.250. The Hall–Kier alpha value is -3.20. The van der Waals surface area contributed by atoms with E-state index in [4.69, 9.17) is 4.74 Å². The van der Waals surface area contributed by atoms with Crippen LogP contribution in [-0.4, -0.2) is 51.4 Å². The molecule has 29 heavy (non-hydrogen) atoms. The molecule has 1 saturated heterocycles. The number of nitrogens with one attached hydrogen (secondary N) is 1. The molecule has 1 aliphatic rings. The van der Waals surface area contributed by atoms with Crippen molar-refractivity contribution < 1.29 is 29.3 Å². The first-order valence-electron chi connectivity index (χ1n) is 8.85. The van der Waals surface area contributed by atoms with E-state index in [2.05, 4.69) is 5.32 Å². The number of rotatable bonds is 6. The van der Waals surface area contributed by atoms with Gasteiger partial charge >= 0.3 is 12.1 Å². The molecule has 1 fully saturated rings. The van der Waals surface area contributed by atoms with E-state index in [-0.39, 0.29) is 18.1 Å². The number of amides is 2. The van der Waals surface area contributed by atoms with Crippen molar-refractivity contribution in [2.24, 2.45) is 0 Å². The van der Waals surface area contributed by atoms with Crippen LogP contribution >= 0.6 is 11.8 Å². The minimum Gasteiger partial charge on any atom is -0.508 e. The third kappa shape index (κ3) is 5.00. The summed E-state index contributed by atoms with van der Waals surface area (Å²) in [7, 11) is 0. The van der Waals surface area contributed by atoms with E-state index < -0.39 is 35.9 Å². The fourth-order valence-corrected chi connectivity index (χ4v) is 4.42. The molecule has 2 atom stereocenters. The molecule has 0 saturated carbocycles. The highest BCUT2D eigenvalue weighted by Crippen LogP contribution is 2.44. The Morgan fingerprint density at radius 3 is 2.48 bits per heavy atom. The molecule has 1 heterocycles. The average molecular weight is 416 g/mol. The second-order valence-corrected chi connectivity index (χ2v) is 7.43. The summed E-state index contributed by atoms with van der Waals surface area (Å²) < 4.78 is 5.06. The van der Waals surface area contributed by atoms with Crippen LogP contribution in [0.3, 0.4) is 0 Å². The van der Waals surface area contributed by atoms with E-state index in [0.717, 1.165) is 5.56 Å². The molecule has 9 heteroatoms. The lowest BCUT2D eigenvalue weighted by molar-refractivity contribution is -0.148. The lowest BCUT2D eigenvalue weighted by Gasteiger charge is -2.28. The van der Waals surface area contributed by atoms with Gasteiger partial charge in [-0.3, -0.25) is 4.79 Å². The number of carboxylic acid groups (broad SMARTS) is 1. The van der Waals surface area contributed by atoms with E-state index in [1.54, 1.807) is 30.3 Å². The largest absolute Gasteiger partial charge is 0.508 e. The van der Waals surface area contributed by atoms with Crippen molar-refractivity contribution >= 4 is 29.7 Å². The summed E-state index contributed by atoms with van der Waals surface area (Å²) in [6.07, 6.45) is -0.778. The number of carbonyl (C=O) groups excluding carboxylic acids is 2. The van der Waals surface area contributed by atoms with Crippen LogP contribution < -0.4 is 5.32 Å². The lowest BCUT2D eigenvalue weighted by Crippen LogP contribution is -2.47. The minimum atomic E-state index is -1.14. The molecular formula is C20H20N2O6S. The first-order chi connectivity index (χ1) is 14.0. The van der Waals surface area contributed by atoms with Crippen LogP contribution in [0.25, 0.3) is 0 Å². The Balaban J connectivity index is 1.63. The van der Waals surface area contributed by atoms with E-state index in [1.165, 1.54) is 22.7 Å². The van der Waals surface area contributed by atoms with Crippen LogP contribution in [0.1, 0.15) is 16.5 Å². The molecule has 0 radical (unpaired) electrons. The molecule has 2 amide bonds. The normalized spacial score (nSPS) is 18.3. The Bertz CT molecular complexity index is 892. The zero-order valence-corrected chi connectivity index (χ0v) is 16.2. The maximum absolute atomic E-state index is 12.7. The predicted octanol–water partition coefficient (Wildman–Crippen LogP) is 2.35. The molecule has 3 N–H and O–H groups in total. The number of benzene rings is 2. The number of carbonyl (C=O) groups is 3. The molecule has 2 aromatic rings. The van der Waals surface area contributed by atoms with Gasteiger partial charge in [0, 0.05) is 11.3 Å². The van der Waals surface area contributed by atoms with E-state index >= 15 is 0 Å². The highest BCUT2D eigenvalue weighted by Gasteiger charge is 2.43. The number of hydrogen-bond acceptors (Lipinski definition) is 6. The molecule has 3 rings (SSSR count). The zero-order chi connectivity index (χ0) is 20.8. The second-order valence-electron chi connectivity index (χ2n) is 6.31. The summed E-state index contributed by atoms with van der Waals surface area (Å²) in [5, 5.41) is 21.3. The second kappa shape index (κ2) is 9.33. The predicted molar refractivity (Wildman–Crippen MR) is 106 cm³/mol. The number of phenolic OH excluding ortho intramolecular Hbond substituents is 1. The monoisotopic (exact) mass is 416 g/mol. The van der Waals surface area contributed by atoms with Gasteiger partial charge in [-0.05, 0) is 11.6 Å². The zero-order valence-electron chi connectivity index (χ0n) is 15.4. The number of para-hydroxylation sites is 1. The molecule has 8 nitrogen and oxygen atoms in total. The number of carboxylic acids is 1. The number of alkyl carbamates (subject to hydrolysis) is 1. The topological polar surface area (TPSA) is 116 Å². The molecule has 0 spiro atoms. The van der Waals surface area contributed by atoms with Crippen LogP contribution in [0.2, 0.25) is 0 Å². The van der Waals surface area contributed by atoms with Crippen LogP contribution in [0.4, 0.5) is 4.79 Å². The van der Waals surface area contributed by atoms with Gasteiger partial charge in [0.05, 0.1) is 0 Å². The molecule has 152 valence electrons. The maximum atomic E-state index is 12.7. The first kappa shape index (κ1) is 20.5. The van der Waals surface area contributed by atoms with Gasteiger partial charge in [-0.2, -0.15) is 0 Å². The summed E-state index contributed by atoms with van der Waals surface area (Å²) in [5.41, 5.74) is 1.25. The van der Waals surface area contributed by atoms with Crippen molar-refractivity contribution in [2.45, 2.75) is 18.0 Å². The SMILES string of the molecule is O=C(NCC(=O)N1C(C(=O)O)CSC1c1ccccc1O)OCc1ccccc1. The van der Waals surface area contributed by atoms with Crippen molar-refractivity contribution in [3.05, 3.63) is 65.7 Å². The highest BCUT2D eigenvalue weighted by molar-refractivity contribution is 7.99. The van der Waals surface area contributed by atoms with Crippen molar-refractivity contribution in [3.63, 3.8) is 0 Å². The minimum absolute atomic E-state index is 0.0240. The van der Waals surface area contributed by atoms with Gasteiger partial charge in [0.2, 0.25) is 5.91 Å². The number of hydrogen-bond donors (Lipinski definition) is 3. The third-order valence-corrected chi connectivity index (χ3v) is 5.68. The number of aliphatic carboxylic acids is 1. The molecular weight excluding hydrogens is 396 g/mol. The first-order valence-corrected chi connectivity index (χ1v) is 9.90. The van der Waals surface area contributed by atoms with Gasteiger partial charge < -0.3 is 25.2 Å². The van der Waals surface area contributed by atoms with Crippen LogP contribution in [0.15, 0.2) is 54.6 Å². The van der Waals surface area contributed by atoms with Gasteiger partial charge in [0.15, 0.2) is 0 Å². The van der Waals surface area contributed by atoms with Gasteiger partial charge in [-0.25, -0.2) is 9.59 Å². The van der Waals surface area contributed by atoms with Crippen molar-refractivity contribution in [3.8, 4) is 5.75 Å². The Kier molecular flexibility index (Phi) is 6.61. The summed E-state index contributed by atoms with van der Waals surface area (Å²) in [5.74, 6) is -1.56. The molecule has 0 aliphatic carbocycles. The third-order valence-electron chi connectivity index (χ3n) is 4.37. The van der Waals surface area contributed by atoms with Gasteiger partial charge in [-0.15, -0.1) is 11.8 Å². The van der Waals surface area contributed by atoms with Gasteiger partial charge in [-0.1, -0.05) is 48.5 Å². The molecule has 1 aliphatic heterocycles. The number of thioether (sulfide) groups is 1. The van der Waals surface area contributed by atoms with Gasteiger partial charge in [0.25, 0.3) is 0 Å². The molecule has 0 bridgehead atoms. The number of ether oxygens (including phenoxy) is 1. The van der Waals surface area contributed by atoms with Crippen molar-refractivity contribution in [1.29, 1.82) is 0 Å². The summed E-state index contributed by atoms with van der Waals surface area (Å²) in [4.78, 5) is 37.4. The Labute approximate surface area is 171 Å². The Morgan fingerprint density at radius 2 is 1.79 bits per heavy atom. The summed E-state index contributed by atoms with van der Waals surface area (Å²) >= 11 is 1.24. The summed E-state index contributed by atoms with van der Waals surface area (Å²) in [6.45, 7) is -0.360. The highest BCUT2D eigenvalue weighted by atomic mass is 32.2. The number of nitrogens with zero attached hydrogens (tertiary/aromatic N) is 1. The van der Waals surface area contributed by atoms with E-state index in [0.29, 0.717) is 5.56 Å². The standard InChI is InChI=1S/C20H20N2O6S/c23-16-9-5-4-8-14(16)18-22(15(12-29-18)19(25)26)17(24)10-21-20(27)28-11-13-6-2-1-3-7-13/h1-9,15,18,23H,10-12H2,(H,21,27)(H,25,26). The van der Waals surface area contributed by atoms with E-state index in [9.17, 15) is 24.6 Å².